The van der Waals surface area contributed by atoms with Crippen molar-refractivity contribution < 1.29 is 14.6 Å². The molecule has 5 nitrogen and oxygen atoms in total. The monoisotopic (exact) mass is 272 g/mol. The van der Waals surface area contributed by atoms with Gasteiger partial charge in [0.1, 0.15) is 17.6 Å². The number of hydrogen-bond acceptors (Lipinski definition) is 3. The zero-order chi connectivity index (χ0) is 14.1. The smallest absolute Gasteiger partial charge is 0.326 e. The Hall–Kier alpha value is -2.30. The largest absolute Gasteiger partial charge is 0.497 e. The van der Waals surface area contributed by atoms with E-state index in [9.17, 15) is 9.90 Å². The van der Waals surface area contributed by atoms with E-state index in [0.717, 1.165) is 35.7 Å². The van der Waals surface area contributed by atoms with Gasteiger partial charge in [-0.15, -0.1) is 0 Å². The number of benzene rings is 1. The Labute approximate surface area is 116 Å². The van der Waals surface area contributed by atoms with Crippen LogP contribution in [0.15, 0.2) is 30.5 Å². The highest BCUT2D eigenvalue weighted by Crippen LogP contribution is 2.29. The summed E-state index contributed by atoms with van der Waals surface area (Å²) in [5.41, 5.74) is 1.74. The van der Waals surface area contributed by atoms with E-state index in [0.29, 0.717) is 6.42 Å². The zero-order valence-corrected chi connectivity index (χ0v) is 11.2. The predicted octanol–water partition coefficient (Wildman–Crippen LogP) is 2.52. The normalized spacial score (nSPS) is 17.6. The van der Waals surface area contributed by atoms with Crippen molar-refractivity contribution in [3.05, 3.63) is 36.3 Å². The minimum atomic E-state index is -0.791. The molecule has 1 aliphatic rings. The summed E-state index contributed by atoms with van der Waals surface area (Å²) in [5, 5.41) is 9.28. The van der Waals surface area contributed by atoms with Crippen LogP contribution in [0.25, 0.3) is 11.3 Å². The molecule has 1 atom stereocenters. The molecule has 0 aliphatic carbocycles. The molecule has 104 valence electrons. The van der Waals surface area contributed by atoms with E-state index in [1.165, 1.54) is 0 Å². The van der Waals surface area contributed by atoms with Crippen molar-refractivity contribution in [3.8, 4) is 17.0 Å². The van der Waals surface area contributed by atoms with Crippen LogP contribution in [0.2, 0.25) is 0 Å². The first-order valence-electron chi connectivity index (χ1n) is 6.64. The second kappa shape index (κ2) is 5.00. The lowest BCUT2D eigenvalue weighted by Gasteiger charge is -2.20. The highest BCUT2D eigenvalue weighted by Gasteiger charge is 2.27. The van der Waals surface area contributed by atoms with Gasteiger partial charge in [-0.25, -0.2) is 9.78 Å². The average molecular weight is 272 g/mol. The second-order valence-corrected chi connectivity index (χ2v) is 4.93. The molecule has 1 unspecified atom stereocenters. The van der Waals surface area contributed by atoms with Crippen LogP contribution in [0.3, 0.4) is 0 Å². The number of fused-ring (bicyclic) bond motifs is 1. The number of aryl methyl sites for hydroxylation is 1. The fraction of sp³-hybridized carbons (Fsp3) is 0.333. The number of methoxy groups -OCH3 is 1. The van der Waals surface area contributed by atoms with Crippen LogP contribution in [0, 0.1) is 0 Å². The topological polar surface area (TPSA) is 64.4 Å². The van der Waals surface area contributed by atoms with Crippen molar-refractivity contribution in [3.63, 3.8) is 0 Å². The number of rotatable bonds is 3. The molecule has 2 heterocycles. The number of ether oxygens (including phenoxy) is 1. The number of aromatic nitrogens is 2. The number of hydrogen-bond donors (Lipinski definition) is 1. The minimum Gasteiger partial charge on any atom is -0.497 e. The van der Waals surface area contributed by atoms with Crippen molar-refractivity contribution in [2.24, 2.45) is 0 Å². The lowest BCUT2D eigenvalue weighted by molar-refractivity contribution is -0.141. The Morgan fingerprint density at radius 1 is 1.50 bits per heavy atom. The van der Waals surface area contributed by atoms with E-state index >= 15 is 0 Å². The maximum atomic E-state index is 11.3. The molecule has 1 aromatic heterocycles. The summed E-state index contributed by atoms with van der Waals surface area (Å²) in [6.07, 6.45) is 4.19. The summed E-state index contributed by atoms with van der Waals surface area (Å²) in [7, 11) is 1.62. The van der Waals surface area contributed by atoms with Gasteiger partial charge < -0.3 is 14.4 Å². The predicted molar refractivity (Wildman–Crippen MR) is 73.8 cm³/mol. The van der Waals surface area contributed by atoms with E-state index in [1.54, 1.807) is 11.7 Å². The molecule has 0 bridgehead atoms. The van der Waals surface area contributed by atoms with Crippen LogP contribution >= 0.6 is 0 Å². The van der Waals surface area contributed by atoms with E-state index in [-0.39, 0.29) is 0 Å². The number of carboxylic acids is 1. The Balaban J connectivity index is 2.02. The summed E-state index contributed by atoms with van der Waals surface area (Å²) in [6, 6.07) is 7.14. The van der Waals surface area contributed by atoms with Gasteiger partial charge in [0, 0.05) is 18.2 Å². The summed E-state index contributed by atoms with van der Waals surface area (Å²) in [4.78, 5) is 15.9. The number of aliphatic carboxylic acids is 1. The van der Waals surface area contributed by atoms with Crippen molar-refractivity contribution in [1.29, 1.82) is 0 Å². The quantitative estimate of drug-likeness (QED) is 0.932. The molecule has 0 spiro atoms. The number of carbonyl (C=O) groups is 1. The minimum absolute atomic E-state index is 0.495. The van der Waals surface area contributed by atoms with Crippen molar-refractivity contribution in [2.45, 2.75) is 25.3 Å². The Morgan fingerprint density at radius 3 is 3.10 bits per heavy atom. The Bertz CT molecular complexity index is 648. The highest BCUT2D eigenvalue weighted by atomic mass is 16.5. The maximum Gasteiger partial charge on any atom is 0.326 e. The SMILES string of the molecule is COc1cccc(-c2cn3c(n2)CCCC3C(=O)O)c1. The molecular weight excluding hydrogens is 256 g/mol. The fourth-order valence-corrected chi connectivity index (χ4v) is 2.64. The lowest BCUT2D eigenvalue weighted by Crippen LogP contribution is -2.24. The maximum absolute atomic E-state index is 11.3. The summed E-state index contributed by atoms with van der Waals surface area (Å²) < 4.78 is 7.00. The third-order valence-corrected chi connectivity index (χ3v) is 3.67. The van der Waals surface area contributed by atoms with E-state index in [1.807, 2.05) is 30.5 Å². The van der Waals surface area contributed by atoms with Crippen molar-refractivity contribution in [2.75, 3.05) is 7.11 Å². The van der Waals surface area contributed by atoms with Crippen LogP contribution in [-0.4, -0.2) is 27.7 Å². The van der Waals surface area contributed by atoms with Gasteiger partial charge in [-0.2, -0.15) is 0 Å². The van der Waals surface area contributed by atoms with E-state index in [4.69, 9.17) is 4.74 Å². The third-order valence-electron chi connectivity index (χ3n) is 3.67. The number of carboxylic acid groups (broad SMARTS) is 1. The molecule has 0 amide bonds. The van der Waals surface area contributed by atoms with Gasteiger partial charge in [0.05, 0.1) is 12.8 Å². The molecule has 20 heavy (non-hydrogen) atoms. The number of imidazole rings is 1. The van der Waals surface area contributed by atoms with Gasteiger partial charge in [0.2, 0.25) is 0 Å². The van der Waals surface area contributed by atoms with Crippen molar-refractivity contribution >= 4 is 5.97 Å². The zero-order valence-electron chi connectivity index (χ0n) is 11.2. The van der Waals surface area contributed by atoms with Gasteiger partial charge in [0.15, 0.2) is 0 Å². The first-order valence-corrected chi connectivity index (χ1v) is 6.64. The summed E-state index contributed by atoms with van der Waals surface area (Å²) in [6.45, 7) is 0. The summed E-state index contributed by atoms with van der Waals surface area (Å²) in [5.74, 6) is 0.824. The third kappa shape index (κ3) is 2.15. The summed E-state index contributed by atoms with van der Waals surface area (Å²) >= 11 is 0. The van der Waals surface area contributed by atoms with E-state index in [2.05, 4.69) is 4.98 Å². The van der Waals surface area contributed by atoms with Crippen LogP contribution < -0.4 is 4.74 Å². The first-order chi connectivity index (χ1) is 9.69. The fourth-order valence-electron chi connectivity index (χ4n) is 2.64. The van der Waals surface area contributed by atoms with E-state index < -0.39 is 12.0 Å². The van der Waals surface area contributed by atoms with Crippen LogP contribution in [-0.2, 0) is 11.2 Å². The Kier molecular flexibility index (Phi) is 3.18. The first kappa shape index (κ1) is 12.7. The van der Waals surface area contributed by atoms with Crippen LogP contribution in [0.4, 0.5) is 0 Å². The molecule has 1 N–H and O–H groups in total. The highest BCUT2D eigenvalue weighted by molar-refractivity contribution is 5.72. The second-order valence-electron chi connectivity index (χ2n) is 4.93. The average Bonchev–Trinajstić information content (AvgIpc) is 2.91. The molecular formula is C15H16N2O3. The van der Waals surface area contributed by atoms with Crippen LogP contribution in [0.5, 0.6) is 5.75 Å². The van der Waals surface area contributed by atoms with Gasteiger partial charge in [-0.05, 0) is 25.0 Å². The standard InChI is InChI=1S/C15H16N2O3/c1-20-11-5-2-4-10(8-11)12-9-17-13(15(18)19)6-3-7-14(17)16-12/h2,4-5,8-9,13H,3,6-7H2,1H3,(H,18,19). The molecule has 0 saturated carbocycles. The lowest BCUT2D eigenvalue weighted by atomic mass is 10.1. The van der Waals surface area contributed by atoms with Gasteiger partial charge in [0.25, 0.3) is 0 Å². The van der Waals surface area contributed by atoms with Gasteiger partial charge in [-0.3, -0.25) is 0 Å². The van der Waals surface area contributed by atoms with Crippen LogP contribution in [0.1, 0.15) is 24.7 Å². The molecule has 1 aliphatic heterocycles. The molecule has 2 aromatic rings. The Morgan fingerprint density at radius 2 is 2.35 bits per heavy atom. The molecule has 1 aromatic carbocycles. The van der Waals surface area contributed by atoms with Gasteiger partial charge in [-0.1, -0.05) is 12.1 Å². The molecule has 0 saturated heterocycles. The van der Waals surface area contributed by atoms with Crippen molar-refractivity contribution in [1.82, 2.24) is 9.55 Å². The van der Waals surface area contributed by atoms with Gasteiger partial charge >= 0.3 is 5.97 Å². The molecule has 3 rings (SSSR count). The molecule has 5 heteroatoms. The molecule has 0 radical (unpaired) electrons. The molecule has 0 fully saturated rings. The number of nitrogens with zero attached hydrogens (tertiary/aromatic N) is 2.